The summed E-state index contributed by atoms with van der Waals surface area (Å²) in [6, 6.07) is 0. The zero-order chi connectivity index (χ0) is 19.9. The molecule has 0 aromatic carbocycles. The Morgan fingerprint density at radius 3 is 2.08 bits per heavy atom. The van der Waals surface area contributed by atoms with Gasteiger partial charge in [0.05, 0.1) is 0 Å². The molecule has 0 aromatic heterocycles. The molecule has 0 atom stereocenters. The molecule has 0 bridgehead atoms. The summed E-state index contributed by atoms with van der Waals surface area (Å²) in [4.78, 5) is 20.9. The van der Waals surface area contributed by atoms with Crippen molar-refractivity contribution in [2.45, 2.75) is 91.4 Å². The topological polar surface area (TPSA) is 74.6 Å². The molecule has 26 heavy (non-hydrogen) atoms. The van der Waals surface area contributed by atoms with Gasteiger partial charge in [-0.2, -0.15) is 0 Å². The Bertz CT molecular complexity index is 457. The first-order valence-corrected chi connectivity index (χ1v) is 10.1. The lowest BCUT2D eigenvalue weighted by Crippen LogP contribution is -2.06. The fourth-order valence-electron chi connectivity index (χ4n) is 3.08. The third kappa shape index (κ3) is 13.7. The molecule has 0 heterocycles. The second-order valence-electron chi connectivity index (χ2n) is 7.81. The summed E-state index contributed by atoms with van der Waals surface area (Å²) in [5.41, 5.74) is 0.843. The first-order valence-electron chi connectivity index (χ1n) is 10.1. The van der Waals surface area contributed by atoms with E-state index in [0.717, 1.165) is 18.8 Å². The maximum atomic E-state index is 10.5. The van der Waals surface area contributed by atoms with Crippen molar-refractivity contribution in [2.75, 3.05) is 0 Å². The lowest BCUT2D eigenvalue weighted by molar-refractivity contribution is -0.133. The van der Waals surface area contributed by atoms with Gasteiger partial charge >= 0.3 is 11.9 Å². The van der Waals surface area contributed by atoms with E-state index in [4.69, 9.17) is 10.2 Å². The third-order valence-electron chi connectivity index (χ3n) is 4.79. The molecule has 4 nitrogen and oxygen atoms in total. The predicted molar refractivity (Wildman–Crippen MR) is 107 cm³/mol. The highest BCUT2D eigenvalue weighted by Crippen LogP contribution is 2.25. The minimum atomic E-state index is -0.854. The number of allylic oxidation sites excluding steroid dienone is 1. The van der Waals surface area contributed by atoms with Crippen molar-refractivity contribution in [1.82, 2.24) is 0 Å². The van der Waals surface area contributed by atoms with Gasteiger partial charge < -0.3 is 10.2 Å². The quantitative estimate of drug-likeness (QED) is 0.355. The summed E-state index contributed by atoms with van der Waals surface area (Å²) < 4.78 is 0. The fourth-order valence-corrected chi connectivity index (χ4v) is 3.08. The molecular weight excluding hydrogens is 328 g/mol. The first-order chi connectivity index (χ1) is 12.2. The highest BCUT2D eigenvalue weighted by Gasteiger charge is 2.12. The standard InChI is InChI=1S/C12H22O2.C10H16O2/c1-10(2)8-6-4-5-7-9-11(3)12(13)14;1-8(10(11)12)7-9-5-3-2-4-6-9/h10H,3-9H2,1-2H3,(H,13,14);7,9H,2-6H2,1H3,(H,11,12). The van der Waals surface area contributed by atoms with Gasteiger partial charge in [0.15, 0.2) is 0 Å². The number of aliphatic carboxylic acids is 2. The molecule has 1 rings (SSSR count). The summed E-state index contributed by atoms with van der Waals surface area (Å²) >= 11 is 0. The van der Waals surface area contributed by atoms with Crippen LogP contribution in [0.3, 0.4) is 0 Å². The number of carboxylic acid groups (broad SMARTS) is 2. The van der Waals surface area contributed by atoms with E-state index in [1.165, 1.54) is 51.4 Å². The minimum absolute atomic E-state index is 0.342. The van der Waals surface area contributed by atoms with Crippen LogP contribution in [-0.2, 0) is 9.59 Å². The Balaban J connectivity index is 0.000000485. The number of rotatable bonds is 10. The van der Waals surface area contributed by atoms with Crippen molar-refractivity contribution in [3.63, 3.8) is 0 Å². The van der Waals surface area contributed by atoms with E-state index in [1.54, 1.807) is 6.92 Å². The van der Waals surface area contributed by atoms with Crippen LogP contribution < -0.4 is 0 Å². The molecule has 2 N–H and O–H groups in total. The number of carbonyl (C=O) groups is 2. The summed E-state index contributed by atoms with van der Waals surface area (Å²) in [6.45, 7) is 9.64. The Morgan fingerprint density at radius 2 is 1.58 bits per heavy atom. The molecular formula is C22H38O4. The largest absolute Gasteiger partial charge is 0.478 e. The van der Waals surface area contributed by atoms with E-state index in [0.29, 0.717) is 23.5 Å². The van der Waals surface area contributed by atoms with Gasteiger partial charge in [-0.05, 0) is 44.4 Å². The van der Waals surface area contributed by atoms with E-state index < -0.39 is 11.9 Å². The molecule has 0 unspecified atom stereocenters. The molecule has 1 aliphatic carbocycles. The van der Waals surface area contributed by atoms with Crippen molar-refractivity contribution in [1.29, 1.82) is 0 Å². The van der Waals surface area contributed by atoms with Crippen molar-refractivity contribution in [3.05, 3.63) is 23.8 Å². The van der Waals surface area contributed by atoms with Crippen LogP contribution in [0.2, 0.25) is 0 Å². The predicted octanol–water partition coefficient (Wildman–Crippen LogP) is 6.22. The molecule has 1 fully saturated rings. The number of hydrogen-bond acceptors (Lipinski definition) is 2. The van der Waals surface area contributed by atoms with Crippen LogP contribution in [-0.4, -0.2) is 22.2 Å². The molecule has 1 aliphatic rings. The maximum Gasteiger partial charge on any atom is 0.330 e. The van der Waals surface area contributed by atoms with Crippen LogP contribution >= 0.6 is 0 Å². The molecule has 0 aliphatic heterocycles. The average Bonchev–Trinajstić information content (AvgIpc) is 2.58. The van der Waals surface area contributed by atoms with Crippen LogP contribution in [0, 0.1) is 11.8 Å². The normalized spacial score (nSPS) is 15.3. The van der Waals surface area contributed by atoms with Crippen LogP contribution in [0.4, 0.5) is 0 Å². The maximum absolute atomic E-state index is 10.5. The molecule has 0 radical (unpaired) electrons. The lowest BCUT2D eigenvalue weighted by atomic mass is 9.88. The molecule has 0 amide bonds. The second-order valence-corrected chi connectivity index (χ2v) is 7.81. The first kappa shape index (κ1) is 24.4. The molecule has 1 saturated carbocycles. The van der Waals surface area contributed by atoms with Gasteiger partial charge in [0.1, 0.15) is 0 Å². The van der Waals surface area contributed by atoms with E-state index in [-0.39, 0.29) is 0 Å². The van der Waals surface area contributed by atoms with Gasteiger partial charge in [0.25, 0.3) is 0 Å². The van der Waals surface area contributed by atoms with E-state index in [9.17, 15) is 9.59 Å². The van der Waals surface area contributed by atoms with Crippen LogP contribution in [0.5, 0.6) is 0 Å². The zero-order valence-electron chi connectivity index (χ0n) is 16.9. The zero-order valence-corrected chi connectivity index (χ0v) is 16.9. The SMILES string of the molecule is C=C(CCCCCCC(C)C)C(=O)O.CC(=CC1CCCCC1)C(=O)O. The van der Waals surface area contributed by atoms with Gasteiger partial charge in [0, 0.05) is 11.1 Å². The van der Waals surface area contributed by atoms with E-state index in [2.05, 4.69) is 20.4 Å². The van der Waals surface area contributed by atoms with Crippen LogP contribution in [0.25, 0.3) is 0 Å². The number of hydrogen-bond donors (Lipinski definition) is 2. The smallest absolute Gasteiger partial charge is 0.330 e. The van der Waals surface area contributed by atoms with Crippen molar-refractivity contribution >= 4 is 11.9 Å². The minimum Gasteiger partial charge on any atom is -0.478 e. The number of carboxylic acids is 2. The summed E-state index contributed by atoms with van der Waals surface area (Å²) in [5, 5.41) is 17.2. The molecule has 0 aromatic rings. The lowest BCUT2D eigenvalue weighted by Gasteiger charge is -2.18. The molecule has 150 valence electrons. The summed E-state index contributed by atoms with van der Waals surface area (Å²) in [6.07, 6.45) is 14.6. The highest BCUT2D eigenvalue weighted by molar-refractivity contribution is 5.86. The van der Waals surface area contributed by atoms with E-state index >= 15 is 0 Å². The summed E-state index contributed by atoms with van der Waals surface area (Å²) in [7, 11) is 0. The van der Waals surface area contributed by atoms with Gasteiger partial charge in [-0.3, -0.25) is 0 Å². The van der Waals surface area contributed by atoms with Crippen molar-refractivity contribution in [3.8, 4) is 0 Å². The fraction of sp³-hybridized carbons (Fsp3) is 0.727. The highest BCUT2D eigenvalue weighted by atomic mass is 16.4. The monoisotopic (exact) mass is 366 g/mol. The van der Waals surface area contributed by atoms with Crippen molar-refractivity contribution in [2.24, 2.45) is 11.8 Å². The molecule has 4 heteroatoms. The third-order valence-corrected chi connectivity index (χ3v) is 4.79. The van der Waals surface area contributed by atoms with Gasteiger partial charge in [-0.15, -0.1) is 0 Å². The number of unbranched alkanes of at least 4 members (excludes halogenated alkanes) is 3. The molecule has 0 saturated heterocycles. The Kier molecular flexibility index (Phi) is 13.7. The Labute approximate surface area is 159 Å². The van der Waals surface area contributed by atoms with Gasteiger partial charge in [0.2, 0.25) is 0 Å². The van der Waals surface area contributed by atoms with Crippen LogP contribution in [0.15, 0.2) is 23.8 Å². The summed E-state index contributed by atoms with van der Waals surface area (Å²) in [5.74, 6) is -0.327. The Hall–Kier alpha value is -1.58. The average molecular weight is 367 g/mol. The second kappa shape index (κ2) is 14.6. The molecule has 0 spiro atoms. The van der Waals surface area contributed by atoms with E-state index in [1.807, 2.05) is 6.08 Å². The van der Waals surface area contributed by atoms with Crippen LogP contribution in [0.1, 0.15) is 91.4 Å². The van der Waals surface area contributed by atoms with Gasteiger partial charge in [-0.1, -0.05) is 71.4 Å². The van der Waals surface area contributed by atoms with Gasteiger partial charge in [-0.25, -0.2) is 9.59 Å². The Morgan fingerprint density at radius 1 is 1.00 bits per heavy atom. The van der Waals surface area contributed by atoms with Crippen molar-refractivity contribution < 1.29 is 19.8 Å².